The van der Waals surface area contributed by atoms with E-state index in [4.69, 9.17) is 9.41 Å². The molecule has 2 atom stereocenters. The third kappa shape index (κ3) is 5.25. The molecule has 10 rings (SSSR count). The van der Waals surface area contributed by atoms with Gasteiger partial charge in [-0.3, -0.25) is 5.32 Å². The van der Waals surface area contributed by atoms with Crippen LogP contribution in [0, 0.1) is 0 Å². The molecule has 0 bridgehead atoms. The maximum absolute atomic E-state index is 6.42. The third-order valence-corrected chi connectivity index (χ3v) is 10.2. The molecule has 0 amide bonds. The Kier molecular flexibility index (Phi) is 7.00. The van der Waals surface area contributed by atoms with E-state index in [2.05, 4.69) is 180 Å². The third-order valence-electron chi connectivity index (χ3n) is 10.2. The largest absolute Gasteiger partial charge is 0.456 e. The Morgan fingerprint density at radius 1 is 0.451 bits per heavy atom. The molecule has 8 aromatic carbocycles. The number of fused-ring (bicyclic) bond motifs is 6. The minimum Gasteiger partial charge on any atom is -0.456 e. The van der Waals surface area contributed by atoms with Crippen LogP contribution in [0.25, 0.3) is 65.7 Å². The average Bonchev–Trinajstić information content (AvgIpc) is 3.59. The molecular weight excluding hydrogens is 623 g/mol. The van der Waals surface area contributed by atoms with E-state index < -0.39 is 0 Å². The van der Waals surface area contributed by atoms with Crippen LogP contribution in [0.1, 0.15) is 29.0 Å². The Balaban J connectivity index is 1.04. The van der Waals surface area contributed by atoms with Crippen molar-refractivity contribution in [3.8, 4) is 22.3 Å². The number of rotatable bonds is 5. The van der Waals surface area contributed by atoms with Crippen molar-refractivity contribution >= 4 is 49.3 Å². The van der Waals surface area contributed by atoms with Crippen molar-refractivity contribution in [2.75, 3.05) is 0 Å². The molecule has 0 fully saturated rings. The van der Waals surface area contributed by atoms with Crippen molar-refractivity contribution in [1.29, 1.82) is 0 Å². The first kappa shape index (κ1) is 29.4. The van der Waals surface area contributed by atoms with Crippen LogP contribution in [-0.4, -0.2) is 5.84 Å². The number of nitrogens with one attached hydrogen (secondary N) is 2. The Bertz CT molecular complexity index is 2750. The predicted octanol–water partition coefficient (Wildman–Crippen LogP) is 11.6. The molecule has 0 saturated heterocycles. The van der Waals surface area contributed by atoms with Gasteiger partial charge in [0, 0.05) is 21.9 Å². The molecule has 2 heterocycles. The number of nitrogens with zero attached hydrogens (tertiary/aromatic N) is 1. The quantitative estimate of drug-likeness (QED) is 0.181. The van der Waals surface area contributed by atoms with Crippen LogP contribution in [0.3, 0.4) is 0 Å². The molecule has 2 unspecified atom stereocenters. The minimum atomic E-state index is -0.241. The fourth-order valence-electron chi connectivity index (χ4n) is 7.58. The molecule has 51 heavy (non-hydrogen) atoms. The van der Waals surface area contributed by atoms with Gasteiger partial charge in [-0.05, 0) is 73.6 Å². The Hall–Kier alpha value is -6.49. The smallest absolute Gasteiger partial charge is 0.135 e. The van der Waals surface area contributed by atoms with Crippen LogP contribution in [0.15, 0.2) is 185 Å². The second-order valence-corrected chi connectivity index (χ2v) is 13.2. The number of furan rings is 1. The van der Waals surface area contributed by atoms with Crippen LogP contribution in [-0.2, 0) is 0 Å². The van der Waals surface area contributed by atoms with Gasteiger partial charge < -0.3 is 9.73 Å². The van der Waals surface area contributed by atoms with E-state index in [0.717, 1.165) is 50.0 Å². The zero-order chi connectivity index (χ0) is 33.7. The minimum absolute atomic E-state index is 0.221. The van der Waals surface area contributed by atoms with Crippen molar-refractivity contribution in [1.82, 2.24) is 10.6 Å². The first-order valence-electron chi connectivity index (χ1n) is 17.4. The summed E-state index contributed by atoms with van der Waals surface area (Å²) in [6.45, 7) is 0. The van der Waals surface area contributed by atoms with Gasteiger partial charge >= 0.3 is 0 Å². The second-order valence-electron chi connectivity index (χ2n) is 13.2. The van der Waals surface area contributed by atoms with E-state index in [1.807, 2.05) is 6.07 Å². The predicted molar refractivity (Wildman–Crippen MR) is 211 cm³/mol. The number of hydrogen-bond donors (Lipinski definition) is 2. The zero-order valence-corrected chi connectivity index (χ0v) is 27.8. The second kappa shape index (κ2) is 12.1. The molecule has 4 heteroatoms. The monoisotopic (exact) mass is 655 g/mol. The van der Waals surface area contributed by atoms with Crippen LogP contribution in [0.4, 0.5) is 0 Å². The molecule has 0 aliphatic carbocycles. The fourth-order valence-corrected chi connectivity index (χ4v) is 7.58. The van der Waals surface area contributed by atoms with E-state index in [0.29, 0.717) is 0 Å². The standard InChI is InChI=1S/C47H33N3O/c1-3-10-30(11-4-1)37-26-27-42-41(29-37)44-39(16-9-17-43(44)51-42)47-49-45(34-13-5-2-6-14-34)48-46(50-47)35-23-18-31(19-24-35)36-25-22-33-21-20-32-12-7-8-15-38(32)40(33)28-36/h1-29,45,47,49H,(H,48,50). The van der Waals surface area contributed by atoms with E-state index in [9.17, 15) is 0 Å². The summed E-state index contributed by atoms with van der Waals surface area (Å²) in [7, 11) is 0. The maximum atomic E-state index is 6.42. The zero-order valence-electron chi connectivity index (χ0n) is 27.8. The highest BCUT2D eigenvalue weighted by Crippen LogP contribution is 2.38. The molecule has 0 radical (unpaired) electrons. The summed E-state index contributed by atoms with van der Waals surface area (Å²) in [6.07, 6.45) is -0.463. The topological polar surface area (TPSA) is 49.6 Å². The van der Waals surface area contributed by atoms with Gasteiger partial charge in [-0.1, -0.05) is 152 Å². The van der Waals surface area contributed by atoms with E-state index >= 15 is 0 Å². The van der Waals surface area contributed by atoms with Gasteiger partial charge in [-0.15, -0.1) is 0 Å². The van der Waals surface area contributed by atoms with Gasteiger partial charge in [-0.2, -0.15) is 0 Å². The van der Waals surface area contributed by atoms with Gasteiger partial charge in [0.05, 0.1) is 0 Å². The van der Waals surface area contributed by atoms with E-state index in [-0.39, 0.29) is 12.3 Å². The van der Waals surface area contributed by atoms with Crippen molar-refractivity contribution in [2.24, 2.45) is 4.99 Å². The summed E-state index contributed by atoms with van der Waals surface area (Å²) in [4.78, 5) is 5.23. The van der Waals surface area contributed by atoms with Crippen molar-refractivity contribution < 1.29 is 4.42 Å². The van der Waals surface area contributed by atoms with Crippen molar-refractivity contribution in [2.45, 2.75) is 12.3 Å². The van der Waals surface area contributed by atoms with Crippen LogP contribution >= 0.6 is 0 Å². The van der Waals surface area contributed by atoms with Gasteiger partial charge in [0.1, 0.15) is 29.3 Å². The number of benzene rings is 8. The van der Waals surface area contributed by atoms with E-state index in [1.54, 1.807) is 0 Å². The summed E-state index contributed by atoms with van der Waals surface area (Å²) < 4.78 is 6.42. The highest BCUT2D eigenvalue weighted by Gasteiger charge is 2.28. The summed E-state index contributed by atoms with van der Waals surface area (Å²) in [5, 5.41) is 14.8. The maximum Gasteiger partial charge on any atom is 0.135 e. The normalized spacial score (nSPS) is 16.0. The summed E-state index contributed by atoms with van der Waals surface area (Å²) in [5.41, 5.74) is 9.70. The van der Waals surface area contributed by atoms with Crippen LogP contribution < -0.4 is 10.6 Å². The van der Waals surface area contributed by atoms with Gasteiger partial charge in [0.2, 0.25) is 0 Å². The van der Waals surface area contributed by atoms with Gasteiger partial charge in [0.15, 0.2) is 0 Å². The van der Waals surface area contributed by atoms with Gasteiger partial charge in [-0.25, -0.2) is 4.99 Å². The summed E-state index contributed by atoms with van der Waals surface area (Å²) in [5.74, 6) is 0.846. The molecule has 4 nitrogen and oxygen atoms in total. The van der Waals surface area contributed by atoms with Crippen molar-refractivity contribution in [3.05, 3.63) is 193 Å². The lowest BCUT2D eigenvalue weighted by Gasteiger charge is -2.32. The molecular formula is C47H33N3O. The molecule has 242 valence electrons. The molecule has 9 aromatic rings. The lowest BCUT2D eigenvalue weighted by atomic mass is 9.96. The highest BCUT2D eigenvalue weighted by atomic mass is 16.3. The lowest BCUT2D eigenvalue weighted by Crippen LogP contribution is -2.45. The highest BCUT2D eigenvalue weighted by molar-refractivity contribution is 6.10. The number of amidine groups is 1. The summed E-state index contributed by atoms with van der Waals surface area (Å²) >= 11 is 0. The molecule has 1 aromatic heterocycles. The molecule has 1 aliphatic rings. The molecule has 0 saturated carbocycles. The first-order valence-corrected chi connectivity index (χ1v) is 17.4. The molecule has 0 spiro atoms. The van der Waals surface area contributed by atoms with E-state index in [1.165, 1.54) is 38.2 Å². The molecule has 1 aliphatic heterocycles. The van der Waals surface area contributed by atoms with Crippen LogP contribution in [0.5, 0.6) is 0 Å². The Labute approximate surface area is 295 Å². The Morgan fingerprint density at radius 2 is 1.08 bits per heavy atom. The Morgan fingerprint density at radius 3 is 1.90 bits per heavy atom. The summed E-state index contributed by atoms with van der Waals surface area (Å²) in [6, 6.07) is 62.3. The average molecular weight is 656 g/mol. The number of aliphatic imine (C=N–C) groups is 1. The van der Waals surface area contributed by atoms with Crippen LogP contribution in [0.2, 0.25) is 0 Å². The lowest BCUT2D eigenvalue weighted by molar-refractivity contribution is 0.411. The molecule has 2 N–H and O–H groups in total. The van der Waals surface area contributed by atoms with Gasteiger partial charge in [0.25, 0.3) is 0 Å². The van der Waals surface area contributed by atoms with Crippen molar-refractivity contribution in [3.63, 3.8) is 0 Å². The fraction of sp³-hybridized carbons (Fsp3) is 0.0426. The first-order chi connectivity index (χ1) is 25.2. The SMILES string of the molecule is c1ccc(-c2ccc3oc4cccc(C5NC(c6ccc(-c7ccc8ccc9ccccc9c8c7)cc6)=NC(c6ccccc6)N5)c4c3c2)cc1. The number of hydrogen-bond acceptors (Lipinski definition) is 4.